The quantitative estimate of drug-likeness (QED) is 0.488. The number of hydrogen-bond donors (Lipinski definition) is 1. The Morgan fingerprint density at radius 3 is 2.81 bits per heavy atom. The number of nitro groups is 1. The van der Waals surface area contributed by atoms with Gasteiger partial charge in [-0.05, 0) is 40.5 Å². The van der Waals surface area contributed by atoms with Crippen molar-refractivity contribution in [3.63, 3.8) is 0 Å². The molecule has 0 bridgehead atoms. The predicted octanol–water partition coefficient (Wildman–Crippen LogP) is 2.75. The van der Waals surface area contributed by atoms with Crippen molar-refractivity contribution in [2.24, 2.45) is 0 Å². The largest absolute Gasteiger partial charge is 0.324 e. The van der Waals surface area contributed by atoms with Gasteiger partial charge >= 0.3 is 5.69 Å². The fourth-order valence-corrected chi connectivity index (χ4v) is 2.80. The number of nitrogens with zero attached hydrogens (tertiary/aromatic N) is 5. The maximum absolute atomic E-state index is 12.2. The van der Waals surface area contributed by atoms with Gasteiger partial charge in [-0.25, -0.2) is 0 Å². The SMILES string of the molecule is Cc1c([N+](=O)[O-])cnn1CC(=O)Nc1cccc(Cn2cc(Br)cn2)c1. The van der Waals surface area contributed by atoms with Gasteiger partial charge in [0.05, 0.1) is 22.1 Å². The van der Waals surface area contributed by atoms with Crippen LogP contribution in [0.3, 0.4) is 0 Å². The van der Waals surface area contributed by atoms with Crippen LogP contribution in [0.25, 0.3) is 0 Å². The summed E-state index contributed by atoms with van der Waals surface area (Å²) in [5.74, 6) is -0.315. The first-order valence-corrected chi connectivity index (χ1v) is 8.45. The molecule has 0 spiro atoms. The normalized spacial score (nSPS) is 10.7. The highest BCUT2D eigenvalue weighted by molar-refractivity contribution is 9.10. The number of carbonyl (C=O) groups is 1. The lowest BCUT2D eigenvalue weighted by atomic mass is 10.2. The molecule has 0 atom stereocenters. The highest BCUT2D eigenvalue weighted by atomic mass is 79.9. The van der Waals surface area contributed by atoms with E-state index in [1.165, 1.54) is 4.68 Å². The van der Waals surface area contributed by atoms with E-state index in [0.717, 1.165) is 16.2 Å². The van der Waals surface area contributed by atoms with E-state index in [1.54, 1.807) is 23.9 Å². The van der Waals surface area contributed by atoms with Crippen molar-refractivity contribution >= 4 is 33.2 Å². The second-order valence-electron chi connectivity index (χ2n) is 5.63. The van der Waals surface area contributed by atoms with E-state index >= 15 is 0 Å². The van der Waals surface area contributed by atoms with E-state index in [9.17, 15) is 14.9 Å². The Morgan fingerprint density at radius 1 is 1.35 bits per heavy atom. The number of nitrogens with one attached hydrogen (secondary N) is 1. The summed E-state index contributed by atoms with van der Waals surface area (Å²) in [5.41, 5.74) is 1.84. The molecule has 3 rings (SSSR count). The number of aromatic nitrogens is 4. The van der Waals surface area contributed by atoms with Crippen molar-refractivity contribution in [2.45, 2.75) is 20.0 Å². The number of hydrogen-bond acceptors (Lipinski definition) is 5. The molecule has 134 valence electrons. The molecule has 0 fully saturated rings. The van der Waals surface area contributed by atoms with E-state index in [-0.39, 0.29) is 18.1 Å². The Labute approximate surface area is 156 Å². The molecule has 0 radical (unpaired) electrons. The Balaban J connectivity index is 1.66. The number of anilines is 1. The van der Waals surface area contributed by atoms with E-state index in [0.29, 0.717) is 17.9 Å². The van der Waals surface area contributed by atoms with Gasteiger partial charge in [-0.2, -0.15) is 10.2 Å². The third kappa shape index (κ3) is 4.14. The zero-order valence-corrected chi connectivity index (χ0v) is 15.4. The smallest absolute Gasteiger partial charge is 0.309 e. The van der Waals surface area contributed by atoms with E-state index in [1.807, 2.05) is 24.4 Å². The maximum atomic E-state index is 12.2. The molecule has 1 amide bonds. The van der Waals surface area contributed by atoms with Crippen LogP contribution < -0.4 is 5.32 Å². The molecule has 2 aromatic heterocycles. The van der Waals surface area contributed by atoms with Crippen LogP contribution in [0, 0.1) is 17.0 Å². The number of carbonyl (C=O) groups excluding carboxylic acids is 1. The zero-order valence-electron chi connectivity index (χ0n) is 13.8. The Kier molecular flexibility index (Phi) is 5.12. The Bertz CT molecular complexity index is 965. The van der Waals surface area contributed by atoms with Crippen LogP contribution in [0.15, 0.2) is 47.3 Å². The van der Waals surface area contributed by atoms with Gasteiger partial charge in [-0.15, -0.1) is 0 Å². The Hall–Kier alpha value is -3.01. The molecule has 1 aromatic carbocycles. The maximum Gasteiger partial charge on any atom is 0.309 e. The minimum absolute atomic E-state index is 0.101. The van der Waals surface area contributed by atoms with Crippen molar-refractivity contribution in [1.29, 1.82) is 0 Å². The van der Waals surface area contributed by atoms with Crippen molar-refractivity contribution in [1.82, 2.24) is 19.6 Å². The fourth-order valence-electron chi connectivity index (χ4n) is 2.47. The summed E-state index contributed by atoms with van der Waals surface area (Å²) in [7, 11) is 0. The van der Waals surface area contributed by atoms with Crippen molar-refractivity contribution < 1.29 is 9.72 Å². The molecule has 0 aliphatic heterocycles. The summed E-state index contributed by atoms with van der Waals surface area (Å²) in [6.07, 6.45) is 4.71. The zero-order chi connectivity index (χ0) is 18.7. The summed E-state index contributed by atoms with van der Waals surface area (Å²) in [4.78, 5) is 22.5. The molecule has 0 aliphatic carbocycles. The molecule has 0 saturated carbocycles. The van der Waals surface area contributed by atoms with Gasteiger partial charge < -0.3 is 5.32 Å². The van der Waals surface area contributed by atoms with E-state index in [2.05, 4.69) is 31.4 Å². The Morgan fingerprint density at radius 2 is 2.15 bits per heavy atom. The molecule has 9 nitrogen and oxygen atoms in total. The average molecular weight is 419 g/mol. The van der Waals surface area contributed by atoms with Crippen LogP contribution in [-0.2, 0) is 17.9 Å². The van der Waals surface area contributed by atoms with Gasteiger partial charge in [0.15, 0.2) is 0 Å². The first-order chi connectivity index (χ1) is 12.4. The second-order valence-corrected chi connectivity index (χ2v) is 6.55. The predicted molar refractivity (Wildman–Crippen MR) is 97.7 cm³/mol. The van der Waals surface area contributed by atoms with Crippen molar-refractivity contribution in [2.75, 3.05) is 5.32 Å². The molecule has 10 heteroatoms. The minimum Gasteiger partial charge on any atom is -0.324 e. The minimum atomic E-state index is -0.520. The lowest BCUT2D eigenvalue weighted by Gasteiger charge is -2.08. The lowest BCUT2D eigenvalue weighted by Crippen LogP contribution is -2.20. The van der Waals surface area contributed by atoms with E-state index < -0.39 is 4.92 Å². The number of rotatable bonds is 6. The van der Waals surface area contributed by atoms with E-state index in [4.69, 9.17) is 0 Å². The molecule has 26 heavy (non-hydrogen) atoms. The monoisotopic (exact) mass is 418 g/mol. The highest BCUT2D eigenvalue weighted by Gasteiger charge is 2.17. The van der Waals surface area contributed by atoms with Crippen LogP contribution in [-0.4, -0.2) is 30.4 Å². The number of amides is 1. The summed E-state index contributed by atoms with van der Waals surface area (Å²) in [5, 5.41) is 21.7. The lowest BCUT2D eigenvalue weighted by molar-refractivity contribution is -0.385. The van der Waals surface area contributed by atoms with Gasteiger partial charge in [0.2, 0.25) is 5.91 Å². The number of benzene rings is 1. The van der Waals surface area contributed by atoms with Crippen LogP contribution in [0.5, 0.6) is 0 Å². The third-order valence-corrected chi connectivity index (χ3v) is 4.13. The topological polar surface area (TPSA) is 108 Å². The van der Waals surface area contributed by atoms with Gasteiger partial charge in [0.25, 0.3) is 0 Å². The van der Waals surface area contributed by atoms with Crippen LogP contribution in [0.4, 0.5) is 11.4 Å². The van der Waals surface area contributed by atoms with Gasteiger partial charge in [-0.1, -0.05) is 12.1 Å². The van der Waals surface area contributed by atoms with Crippen molar-refractivity contribution in [3.8, 4) is 0 Å². The highest BCUT2D eigenvalue weighted by Crippen LogP contribution is 2.17. The van der Waals surface area contributed by atoms with Gasteiger partial charge in [0, 0.05) is 11.9 Å². The summed E-state index contributed by atoms with van der Waals surface area (Å²) >= 11 is 3.35. The summed E-state index contributed by atoms with van der Waals surface area (Å²) in [6, 6.07) is 7.41. The average Bonchev–Trinajstić information content (AvgIpc) is 3.14. The van der Waals surface area contributed by atoms with Crippen LogP contribution in [0.1, 0.15) is 11.3 Å². The second kappa shape index (κ2) is 7.48. The molecule has 1 N–H and O–H groups in total. The summed E-state index contributed by atoms with van der Waals surface area (Å²) in [6.45, 7) is 2.02. The van der Waals surface area contributed by atoms with Crippen LogP contribution in [0.2, 0.25) is 0 Å². The molecule has 0 aliphatic rings. The molecule has 3 aromatic rings. The molecular formula is C16H15BrN6O3. The standard InChI is InChI=1S/C16H15BrN6O3/c1-11-15(23(25)26)7-19-22(11)10-16(24)20-14-4-2-3-12(5-14)8-21-9-13(17)6-18-21/h2-7,9H,8,10H2,1H3,(H,20,24). The van der Waals surface area contributed by atoms with Crippen molar-refractivity contribution in [3.05, 3.63) is 68.7 Å². The molecule has 0 saturated heterocycles. The van der Waals surface area contributed by atoms with Crippen LogP contribution >= 0.6 is 15.9 Å². The number of halogens is 1. The molecule has 2 heterocycles. The first kappa shape index (κ1) is 17.8. The fraction of sp³-hybridized carbons (Fsp3) is 0.188. The van der Waals surface area contributed by atoms with Gasteiger partial charge in [-0.3, -0.25) is 24.3 Å². The first-order valence-electron chi connectivity index (χ1n) is 7.66. The molecule has 0 unspecified atom stereocenters. The molecular weight excluding hydrogens is 404 g/mol. The summed E-state index contributed by atoms with van der Waals surface area (Å²) < 4.78 is 3.97. The third-order valence-electron chi connectivity index (χ3n) is 3.72. The van der Waals surface area contributed by atoms with Gasteiger partial charge in [0.1, 0.15) is 18.4 Å².